The molecule has 4 heteroatoms. The summed E-state index contributed by atoms with van der Waals surface area (Å²) in [5.74, 6) is 0.252. The highest BCUT2D eigenvalue weighted by molar-refractivity contribution is 5.53. The van der Waals surface area contributed by atoms with Crippen LogP contribution in [0.15, 0.2) is 12.4 Å². The Labute approximate surface area is 96.2 Å². The fourth-order valence-electron chi connectivity index (χ4n) is 2.29. The summed E-state index contributed by atoms with van der Waals surface area (Å²) < 4.78 is 1.83. The van der Waals surface area contributed by atoms with Crippen molar-refractivity contribution >= 4 is 6.29 Å². The third kappa shape index (κ3) is 2.92. The van der Waals surface area contributed by atoms with Crippen LogP contribution in [0.5, 0.6) is 0 Å². The molecule has 16 heavy (non-hydrogen) atoms. The smallest absolute Gasteiger partial charge is 0.124 e. The van der Waals surface area contributed by atoms with Crippen molar-refractivity contribution in [2.45, 2.75) is 19.3 Å². The number of nitrogens with zero attached hydrogens (tertiary/aromatic N) is 3. The zero-order chi connectivity index (χ0) is 11.4. The second-order valence-corrected chi connectivity index (χ2v) is 4.61. The molecule has 1 atom stereocenters. The summed E-state index contributed by atoms with van der Waals surface area (Å²) in [6.45, 7) is 3.10. The highest BCUT2D eigenvalue weighted by atomic mass is 16.1. The van der Waals surface area contributed by atoms with Gasteiger partial charge in [-0.1, -0.05) is 0 Å². The molecule has 2 heterocycles. The summed E-state index contributed by atoms with van der Waals surface area (Å²) in [5.41, 5.74) is 1.27. The third-order valence-electron chi connectivity index (χ3n) is 3.21. The zero-order valence-electron chi connectivity index (χ0n) is 9.80. The van der Waals surface area contributed by atoms with E-state index in [1.165, 1.54) is 5.56 Å². The van der Waals surface area contributed by atoms with Gasteiger partial charge in [0.15, 0.2) is 0 Å². The maximum absolute atomic E-state index is 10.7. The first kappa shape index (κ1) is 11.3. The first-order valence-corrected chi connectivity index (χ1v) is 5.93. The van der Waals surface area contributed by atoms with Gasteiger partial charge >= 0.3 is 0 Å². The van der Waals surface area contributed by atoms with Crippen molar-refractivity contribution in [2.75, 3.05) is 19.6 Å². The average molecular weight is 221 g/mol. The molecule has 1 fully saturated rings. The van der Waals surface area contributed by atoms with E-state index in [2.05, 4.69) is 16.2 Å². The molecule has 1 aliphatic rings. The Balaban J connectivity index is 1.79. The van der Waals surface area contributed by atoms with Crippen LogP contribution >= 0.6 is 0 Å². The molecule has 1 aromatic heterocycles. The molecular formula is C12H19N3O. The second-order valence-electron chi connectivity index (χ2n) is 4.61. The lowest BCUT2D eigenvalue weighted by Gasteiger charge is -2.29. The maximum Gasteiger partial charge on any atom is 0.124 e. The van der Waals surface area contributed by atoms with Gasteiger partial charge in [0.2, 0.25) is 0 Å². The predicted molar refractivity (Wildman–Crippen MR) is 62.1 cm³/mol. The fraction of sp³-hybridized carbons (Fsp3) is 0.667. The quantitative estimate of drug-likeness (QED) is 0.708. The Morgan fingerprint density at radius 2 is 2.50 bits per heavy atom. The molecule has 1 unspecified atom stereocenters. The minimum atomic E-state index is 0.252. The predicted octanol–water partition coefficient (Wildman–Crippen LogP) is 0.873. The number of carbonyl (C=O) groups excluding carboxylic acids is 1. The fourth-order valence-corrected chi connectivity index (χ4v) is 2.29. The van der Waals surface area contributed by atoms with E-state index in [9.17, 15) is 4.79 Å². The topological polar surface area (TPSA) is 38.1 Å². The molecular weight excluding hydrogens is 202 g/mol. The van der Waals surface area contributed by atoms with E-state index in [1.807, 2.05) is 17.9 Å². The molecule has 1 saturated heterocycles. The number of aldehydes is 1. The Morgan fingerprint density at radius 1 is 1.62 bits per heavy atom. The van der Waals surface area contributed by atoms with Crippen molar-refractivity contribution < 1.29 is 4.79 Å². The van der Waals surface area contributed by atoms with E-state index < -0.39 is 0 Å². The van der Waals surface area contributed by atoms with E-state index in [4.69, 9.17) is 0 Å². The number of rotatable bonds is 4. The van der Waals surface area contributed by atoms with Gasteiger partial charge in [-0.15, -0.1) is 0 Å². The van der Waals surface area contributed by atoms with Gasteiger partial charge in [0, 0.05) is 32.3 Å². The van der Waals surface area contributed by atoms with E-state index in [-0.39, 0.29) is 5.92 Å². The number of hydrogen-bond acceptors (Lipinski definition) is 3. The van der Waals surface area contributed by atoms with Crippen molar-refractivity contribution in [2.24, 2.45) is 13.0 Å². The molecule has 2 rings (SSSR count). The lowest BCUT2D eigenvalue weighted by atomic mass is 9.99. The van der Waals surface area contributed by atoms with Gasteiger partial charge in [0.05, 0.1) is 6.20 Å². The maximum atomic E-state index is 10.7. The number of piperidine rings is 1. The second kappa shape index (κ2) is 5.25. The Hall–Kier alpha value is -1.16. The molecule has 1 aromatic rings. The van der Waals surface area contributed by atoms with Crippen LogP contribution in [-0.4, -0.2) is 40.6 Å². The molecule has 0 aliphatic carbocycles. The van der Waals surface area contributed by atoms with Gasteiger partial charge in [-0.2, -0.15) is 5.10 Å². The number of hydrogen-bond donors (Lipinski definition) is 0. The van der Waals surface area contributed by atoms with Gasteiger partial charge < -0.3 is 9.69 Å². The standard InChI is InChI=1S/C12H19N3O/c1-14-8-11(7-13-14)4-6-15-5-2-3-12(9-15)10-16/h7-8,10,12H,2-6,9H2,1H3. The van der Waals surface area contributed by atoms with Crippen molar-refractivity contribution in [1.29, 1.82) is 0 Å². The summed E-state index contributed by atoms with van der Waals surface area (Å²) in [5, 5.41) is 4.15. The van der Waals surface area contributed by atoms with Crippen LogP contribution in [0.3, 0.4) is 0 Å². The van der Waals surface area contributed by atoms with Gasteiger partial charge in [-0.05, 0) is 31.4 Å². The van der Waals surface area contributed by atoms with Crippen LogP contribution in [0.4, 0.5) is 0 Å². The number of carbonyl (C=O) groups is 1. The van der Waals surface area contributed by atoms with Gasteiger partial charge in [-0.3, -0.25) is 4.68 Å². The van der Waals surface area contributed by atoms with E-state index in [0.29, 0.717) is 0 Å². The van der Waals surface area contributed by atoms with Crippen LogP contribution in [0.2, 0.25) is 0 Å². The number of aromatic nitrogens is 2. The summed E-state index contributed by atoms with van der Waals surface area (Å²) in [6.07, 6.45) is 8.32. The van der Waals surface area contributed by atoms with Crippen molar-refractivity contribution in [3.05, 3.63) is 18.0 Å². The Morgan fingerprint density at radius 3 is 3.19 bits per heavy atom. The molecule has 0 aromatic carbocycles. The van der Waals surface area contributed by atoms with E-state index >= 15 is 0 Å². The van der Waals surface area contributed by atoms with Crippen molar-refractivity contribution in [3.63, 3.8) is 0 Å². The van der Waals surface area contributed by atoms with Crippen LogP contribution < -0.4 is 0 Å². The summed E-state index contributed by atoms with van der Waals surface area (Å²) in [6, 6.07) is 0. The molecule has 0 bridgehead atoms. The molecule has 88 valence electrons. The Kier molecular flexibility index (Phi) is 3.72. The van der Waals surface area contributed by atoms with Crippen LogP contribution in [0, 0.1) is 5.92 Å². The molecule has 0 N–H and O–H groups in total. The summed E-state index contributed by atoms with van der Waals surface area (Å²) in [7, 11) is 1.94. The van der Waals surface area contributed by atoms with Crippen LogP contribution in [0.25, 0.3) is 0 Å². The SMILES string of the molecule is Cn1cc(CCN2CCCC(C=O)C2)cn1. The average Bonchev–Trinajstić information content (AvgIpc) is 2.73. The van der Waals surface area contributed by atoms with E-state index in [1.54, 1.807) is 0 Å². The van der Waals surface area contributed by atoms with Crippen molar-refractivity contribution in [3.8, 4) is 0 Å². The van der Waals surface area contributed by atoms with Crippen molar-refractivity contribution in [1.82, 2.24) is 14.7 Å². The molecule has 0 saturated carbocycles. The first-order chi connectivity index (χ1) is 7.78. The molecule has 0 amide bonds. The van der Waals surface area contributed by atoms with E-state index in [0.717, 1.165) is 45.2 Å². The largest absolute Gasteiger partial charge is 0.303 e. The summed E-state index contributed by atoms with van der Waals surface area (Å²) >= 11 is 0. The Bertz CT molecular complexity index is 348. The highest BCUT2D eigenvalue weighted by Gasteiger charge is 2.18. The monoisotopic (exact) mass is 221 g/mol. The van der Waals surface area contributed by atoms with Gasteiger partial charge in [0.1, 0.15) is 6.29 Å². The number of aryl methyl sites for hydroxylation is 1. The lowest BCUT2D eigenvalue weighted by Crippen LogP contribution is -2.37. The van der Waals surface area contributed by atoms with Gasteiger partial charge in [0.25, 0.3) is 0 Å². The van der Waals surface area contributed by atoms with Crippen LogP contribution in [0.1, 0.15) is 18.4 Å². The minimum Gasteiger partial charge on any atom is -0.303 e. The molecule has 0 spiro atoms. The van der Waals surface area contributed by atoms with Crippen LogP contribution in [-0.2, 0) is 18.3 Å². The number of likely N-dealkylation sites (tertiary alicyclic amines) is 1. The normalized spacial score (nSPS) is 22.2. The first-order valence-electron chi connectivity index (χ1n) is 5.93. The zero-order valence-corrected chi connectivity index (χ0v) is 9.80. The van der Waals surface area contributed by atoms with Gasteiger partial charge in [-0.25, -0.2) is 0 Å². The minimum absolute atomic E-state index is 0.252. The molecule has 4 nitrogen and oxygen atoms in total. The molecule has 0 radical (unpaired) electrons. The lowest BCUT2D eigenvalue weighted by molar-refractivity contribution is -0.112. The summed E-state index contributed by atoms with van der Waals surface area (Å²) in [4.78, 5) is 13.1. The highest BCUT2D eigenvalue weighted by Crippen LogP contribution is 2.14. The third-order valence-corrected chi connectivity index (χ3v) is 3.21. The molecule has 1 aliphatic heterocycles.